The highest BCUT2D eigenvalue weighted by Gasteiger charge is 2.50. The number of urea groups is 1. The molecule has 3 rings (SSSR count). The lowest BCUT2D eigenvalue weighted by Gasteiger charge is -2.36. The number of aromatic nitrogens is 1. The fourth-order valence-electron chi connectivity index (χ4n) is 3.63. The van der Waals surface area contributed by atoms with E-state index in [1.165, 1.54) is 29.4 Å². The number of benzene rings is 1. The van der Waals surface area contributed by atoms with Gasteiger partial charge in [-0.15, -0.1) is 0 Å². The molecule has 1 aliphatic rings. The maximum Gasteiger partial charge on any atom is 0.417 e. The summed E-state index contributed by atoms with van der Waals surface area (Å²) in [6.07, 6.45) is -1.19. The van der Waals surface area contributed by atoms with Gasteiger partial charge in [0, 0.05) is 19.2 Å². The maximum absolute atomic E-state index is 13.2. The van der Waals surface area contributed by atoms with Crippen LogP contribution in [0.15, 0.2) is 42.7 Å². The summed E-state index contributed by atoms with van der Waals surface area (Å²) in [7, 11) is 0. The van der Waals surface area contributed by atoms with E-state index in [9.17, 15) is 22.8 Å². The Balaban J connectivity index is 2.02. The van der Waals surface area contributed by atoms with Gasteiger partial charge in [0.05, 0.1) is 22.5 Å². The van der Waals surface area contributed by atoms with Gasteiger partial charge >= 0.3 is 12.2 Å². The Morgan fingerprint density at radius 1 is 1.28 bits per heavy atom. The van der Waals surface area contributed by atoms with Gasteiger partial charge in [-0.3, -0.25) is 9.78 Å². The van der Waals surface area contributed by atoms with Crippen LogP contribution in [0.25, 0.3) is 0 Å². The number of nitrogens with zero attached hydrogens (tertiary/aromatic N) is 2. The summed E-state index contributed by atoms with van der Waals surface area (Å²) in [4.78, 5) is 30.3. The molecule has 1 aromatic heterocycles. The molecule has 1 fully saturated rings. The molecule has 29 heavy (non-hydrogen) atoms. The number of rotatable bonds is 4. The predicted molar refractivity (Wildman–Crippen MR) is 101 cm³/mol. The summed E-state index contributed by atoms with van der Waals surface area (Å²) < 4.78 is 39.7. The molecule has 1 aromatic carbocycles. The lowest BCUT2D eigenvalue weighted by Crippen LogP contribution is -2.58. The van der Waals surface area contributed by atoms with E-state index in [1.54, 1.807) is 12.1 Å². The quantitative estimate of drug-likeness (QED) is 0.778. The summed E-state index contributed by atoms with van der Waals surface area (Å²) in [5.74, 6) is -0.560. The number of hydrogen-bond donors (Lipinski definition) is 2. The van der Waals surface area contributed by atoms with E-state index in [4.69, 9.17) is 17.3 Å². The second-order valence-corrected chi connectivity index (χ2v) is 7.15. The van der Waals surface area contributed by atoms with Crippen molar-refractivity contribution < 1.29 is 22.8 Å². The highest BCUT2D eigenvalue weighted by atomic mass is 35.5. The van der Waals surface area contributed by atoms with Crippen molar-refractivity contribution >= 4 is 29.2 Å². The van der Waals surface area contributed by atoms with E-state index in [2.05, 4.69) is 10.3 Å². The molecule has 0 radical (unpaired) electrons. The van der Waals surface area contributed by atoms with Gasteiger partial charge in [-0.1, -0.05) is 23.7 Å². The van der Waals surface area contributed by atoms with Gasteiger partial charge in [0.2, 0.25) is 0 Å². The first-order valence-electron chi connectivity index (χ1n) is 8.78. The first-order valence-corrected chi connectivity index (χ1v) is 9.16. The number of carbonyl (C=O) groups is 2. The number of carbonyl (C=O) groups excluding carboxylic acids is 2. The molecule has 3 N–H and O–H groups in total. The minimum atomic E-state index is -4.64. The third kappa shape index (κ3) is 4.14. The van der Waals surface area contributed by atoms with Gasteiger partial charge in [0.1, 0.15) is 5.54 Å². The van der Waals surface area contributed by atoms with Crippen molar-refractivity contribution in [2.45, 2.75) is 31.0 Å². The predicted octanol–water partition coefficient (Wildman–Crippen LogP) is 3.85. The van der Waals surface area contributed by atoms with Crippen LogP contribution in [0, 0.1) is 0 Å². The van der Waals surface area contributed by atoms with Crippen LogP contribution in [0.1, 0.15) is 24.0 Å². The van der Waals surface area contributed by atoms with Crippen molar-refractivity contribution in [1.82, 2.24) is 9.88 Å². The number of nitrogens with two attached hydrogens (primary N) is 1. The zero-order chi connectivity index (χ0) is 21.2. The Kier molecular flexibility index (Phi) is 5.70. The summed E-state index contributed by atoms with van der Waals surface area (Å²) in [5.41, 5.74) is 3.52. The summed E-state index contributed by atoms with van der Waals surface area (Å²) >= 11 is 6.03. The molecule has 1 atom stereocenters. The molecular weight excluding hydrogens is 409 g/mol. The van der Waals surface area contributed by atoms with Crippen LogP contribution < -0.4 is 11.1 Å². The van der Waals surface area contributed by atoms with Gasteiger partial charge < -0.3 is 16.0 Å². The molecule has 1 unspecified atom stereocenters. The summed E-state index contributed by atoms with van der Waals surface area (Å²) in [6, 6.07) is 5.90. The van der Waals surface area contributed by atoms with Crippen molar-refractivity contribution in [2.24, 2.45) is 5.73 Å². The van der Waals surface area contributed by atoms with Crippen LogP contribution in [0.3, 0.4) is 0 Å². The first kappa shape index (κ1) is 20.9. The molecule has 6 nitrogen and oxygen atoms in total. The minimum Gasteiger partial charge on any atom is -0.351 e. The fraction of sp³-hybridized carbons (Fsp3) is 0.316. The second-order valence-electron chi connectivity index (χ2n) is 6.77. The molecule has 10 heteroatoms. The van der Waals surface area contributed by atoms with E-state index in [-0.39, 0.29) is 24.9 Å². The molecule has 0 aliphatic carbocycles. The molecule has 1 aliphatic heterocycles. The monoisotopic (exact) mass is 426 g/mol. The zero-order valence-corrected chi connectivity index (χ0v) is 15.9. The number of hydrogen-bond acceptors (Lipinski definition) is 3. The Bertz CT molecular complexity index is 923. The largest absolute Gasteiger partial charge is 0.417 e. The number of halogens is 4. The van der Waals surface area contributed by atoms with E-state index >= 15 is 0 Å². The maximum atomic E-state index is 13.2. The van der Waals surface area contributed by atoms with Crippen LogP contribution in [0.5, 0.6) is 0 Å². The van der Waals surface area contributed by atoms with Crippen molar-refractivity contribution in [1.29, 1.82) is 0 Å². The van der Waals surface area contributed by atoms with Gasteiger partial charge in [-0.2, -0.15) is 13.2 Å². The lowest BCUT2D eigenvalue weighted by molar-refractivity contribution is -0.137. The molecule has 0 saturated carbocycles. The third-order valence-corrected chi connectivity index (χ3v) is 5.41. The molecule has 154 valence electrons. The van der Waals surface area contributed by atoms with E-state index in [1.807, 2.05) is 0 Å². The number of likely N-dealkylation sites (tertiary alicyclic amines) is 1. The number of primary amides is 1. The number of alkyl halides is 3. The van der Waals surface area contributed by atoms with Gasteiger partial charge in [0.15, 0.2) is 0 Å². The Morgan fingerprint density at radius 3 is 2.66 bits per heavy atom. The Morgan fingerprint density at radius 2 is 2.03 bits per heavy atom. The average Bonchev–Trinajstić information content (AvgIpc) is 3.08. The normalized spacial score (nSPS) is 19.2. The van der Waals surface area contributed by atoms with Crippen molar-refractivity contribution in [3.05, 3.63) is 58.9 Å². The molecule has 0 spiro atoms. The highest BCUT2D eigenvalue weighted by Crippen LogP contribution is 2.40. The molecule has 2 heterocycles. The van der Waals surface area contributed by atoms with Gasteiger partial charge in [-0.05, 0) is 36.6 Å². The Labute approximate surface area is 169 Å². The Hall–Kier alpha value is -2.81. The van der Waals surface area contributed by atoms with E-state index < -0.39 is 34.2 Å². The first-order chi connectivity index (χ1) is 13.6. The number of nitrogens with one attached hydrogen (secondary N) is 1. The molecule has 0 bridgehead atoms. The zero-order valence-electron chi connectivity index (χ0n) is 15.2. The van der Waals surface area contributed by atoms with E-state index in [0.717, 1.165) is 6.07 Å². The molecular formula is C19H18ClF3N4O2. The number of anilines is 1. The molecule has 1 saturated heterocycles. The van der Waals surface area contributed by atoms with E-state index in [0.29, 0.717) is 12.1 Å². The number of pyridine rings is 1. The fourth-order valence-corrected chi connectivity index (χ4v) is 3.93. The summed E-state index contributed by atoms with van der Waals surface area (Å²) in [5, 5.41) is 2.18. The number of amides is 3. The standard InChI is InChI=1S/C19H18ClF3N4O2/c20-15-12(4-1-6-14(15)19(21,22)23)10-18(7-3-9-27(18)17(24)29)16(28)26-13-5-2-8-25-11-13/h1-2,4-6,8,11H,3,7,9-10H2,(H2,24,29)(H,26,28). The highest BCUT2D eigenvalue weighted by molar-refractivity contribution is 6.32. The third-order valence-electron chi connectivity index (χ3n) is 4.96. The average molecular weight is 427 g/mol. The minimum absolute atomic E-state index is 0.107. The lowest BCUT2D eigenvalue weighted by atomic mass is 9.86. The molecule has 3 amide bonds. The van der Waals surface area contributed by atoms with Crippen LogP contribution in [0.4, 0.5) is 23.7 Å². The van der Waals surface area contributed by atoms with Crippen molar-refractivity contribution in [3.8, 4) is 0 Å². The summed E-state index contributed by atoms with van der Waals surface area (Å²) in [6.45, 7) is 0.215. The smallest absolute Gasteiger partial charge is 0.351 e. The van der Waals surface area contributed by atoms with Gasteiger partial charge in [0.25, 0.3) is 5.91 Å². The van der Waals surface area contributed by atoms with Crippen LogP contribution >= 0.6 is 11.6 Å². The second kappa shape index (κ2) is 7.90. The van der Waals surface area contributed by atoms with Crippen LogP contribution in [-0.2, 0) is 17.4 Å². The van der Waals surface area contributed by atoms with Gasteiger partial charge in [-0.25, -0.2) is 4.79 Å². The van der Waals surface area contributed by atoms with Crippen LogP contribution in [0.2, 0.25) is 5.02 Å². The van der Waals surface area contributed by atoms with Crippen LogP contribution in [-0.4, -0.2) is 33.9 Å². The van der Waals surface area contributed by atoms with Crippen molar-refractivity contribution in [3.63, 3.8) is 0 Å². The molecule has 2 aromatic rings. The SMILES string of the molecule is NC(=O)N1CCCC1(Cc1cccc(C(F)(F)F)c1Cl)C(=O)Nc1cccnc1. The topological polar surface area (TPSA) is 88.3 Å². The van der Waals surface area contributed by atoms with Crippen molar-refractivity contribution in [2.75, 3.05) is 11.9 Å².